The van der Waals surface area contributed by atoms with Gasteiger partial charge in [-0.3, -0.25) is 0 Å². The molecule has 0 spiro atoms. The minimum atomic E-state index is 0.715. The summed E-state index contributed by atoms with van der Waals surface area (Å²) in [5, 5.41) is 8.29. The summed E-state index contributed by atoms with van der Waals surface area (Å²) in [6.45, 7) is 0. The number of rotatable bonds is 0. The van der Waals surface area contributed by atoms with Crippen LogP contribution < -0.4 is 0 Å². The first kappa shape index (κ1) is 10.8. The number of nitrogens with zero attached hydrogens (tertiary/aromatic N) is 1. The van der Waals surface area contributed by atoms with Crippen molar-refractivity contribution in [1.82, 2.24) is 0 Å². The molecule has 0 aromatic heterocycles. The van der Waals surface area contributed by atoms with Gasteiger partial charge in [0.25, 0.3) is 0 Å². The van der Waals surface area contributed by atoms with Gasteiger partial charge in [-0.2, -0.15) is 5.26 Å². The summed E-state index contributed by atoms with van der Waals surface area (Å²) < 4.78 is 0. The summed E-state index contributed by atoms with van der Waals surface area (Å²) in [7, 11) is 0. The lowest BCUT2D eigenvalue weighted by molar-refractivity contribution is 0.504. The third-order valence-corrected chi connectivity index (χ3v) is 2.40. The summed E-state index contributed by atoms with van der Waals surface area (Å²) in [4.78, 5) is 0. The smallest absolute Gasteiger partial charge is 0.0991 e. The lowest BCUT2D eigenvalue weighted by Gasteiger charge is -2.05. The van der Waals surface area contributed by atoms with Gasteiger partial charge in [0.2, 0.25) is 0 Å². The lowest BCUT2D eigenvalue weighted by Crippen LogP contribution is -1.85. The maximum atomic E-state index is 8.29. The first-order valence-electron chi connectivity index (χ1n) is 5.38. The molecule has 1 aliphatic carbocycles. The quantitative estimate of drug-likeness (QED) is 0.604. The highest BCUT2D eigenvalue weighted by molar-refractivity contribution is 5.27. The van der Waals surface area contributed by atoms with Gasteiger partial charge in [0.15, 0.2) is 0 Å². The molecule has 0 amide bonds. The van der Waals surface area contributed by atoms with Crippen LogP contribution in [0.15, 0.2) is 30.3 Å². The Balaban J connectivity index is 0.000000146. The molecule has 1 heteroatoms. The molecule has 0 heterocycles. The highest BCUT2D eigenvalue weighted by Gasteiger charge is 1.95. The zero-order chi connectivity index (χ0) is 10.1. The van der Waals surface area contributed by atoms with Gasteiger partial charge in [0.1, 0.15) is 0 Å². The van der Waals surface area contributed by atoms with Crippen molar-refractivity contribution in [3.8, 4) is 6.07 Å². The zero-order valence-corrected chi connectivity index (χ0v) is 8.58. The van der Waals surface area contributed by atoms with E-state index in [4.69, 9.17) is 5.26 Å². The van der Waals surface area contributed by atoms with E-state index in [1.54, 1.807) is 12.1 Å². The van der Waals surface area contributed by atoms with Crippen molar-refractivity contribution in [2.45, 2.75) is 38.5 Å². The molecule has 0 aliphatic heterocycles. The first-order valence-corrected chi connectivity index (χ1v) is 5.38. The molecule has 1 aromatic rings. The van der Waals surface area contributed by atoms with Gasteiger partial charge in [0, 0.05) is 0 Å². The Hall–Kier alpha value is -1.29. The number of hydrogen-bond acceptors (Lipinski definition) is 1. The van der Waals surface area contributed by atoms with Crippen LogP contribution in [0, 0.1) is 11.3 Å². The molecule has 2 rings (SSSR count). The van der Waals surface area contributed by atoms with E-state index in [1.165, 1.54) is 38.5 Å². The first-order chi connectivity index (χ1) is 6.93. The van der Waals surface area contributed by atoms with Crippen molar-refractivity contribution in [2.75, 3.05) is 0 Å². The Morgan fingerprint density at radius 3 is 1.50 bits per heavy atom. The SMILES string of the molecule is C1CCCCC1.N#Cc1ccccc1. The Bertz CT molecular complexity index is 256. The second-order valence-electron chi connectivity index (χ2n) is 3.60. The van der Waals surface area contributed by atoms with E-state index < -0.39 is 0 Å². The lowest BCUT2D eigenvalue weighted by atomic mass is 10.0. The van der Waals surface area contributed by atoms with Gasteiger partial charge in [-0.1, -0.05) is 56.7 Å². The van der Waals surface area contributed by atoms with Crippen LogP contribution in [0.1, 0.15) is 44.1 Å². The number of benzene rings is 1. The zero-order valence-electron chi connectivity index (χ0n) is 8.58. The number of nitriles is 1. The van der Waals surface area contributed by atoms with Crippen molar-refractivity contribution in [3.63, 3.8) is 0 Å². The molecule has 0 bridgehead atoms. The molecular weight excluding hydrogens is 170 g/mol. The predicted octanol–water partition coefficient (Wildman–Crippen LogP) is 3.90. The van der Waals surface area contributed by atoms with Crippen LogP contribution in [0.3, 0.4) is 0 Å². The van der Waals surface area contributed by atoms with Gasteiger partial charge in [-0.05, 0) is 12.1 Å². The van der Waals surface area contributed by atoms with Crippen molar-refractivity contribution >= 4 is 0 Å². The highest BCUT2D eigenvalue weighted by Crippen LogP contribution is 2.15. The minimum absolute atomic E-state index is 0.715. The topological polar surface area (TPSA) is 23.8 Å². The fraction of sp³-hybridized carbons (Fsp3) is 0.462. The molecule has 0 unspecified atom stereocenters. The van der Waals surface area contributed by atoms with Crippen LogP contribution in [0.2, 0.25) is 0 Å². The average Bonchev–Trinajstić information content (AvgIpc) is 2.33. The largest absolute Gasteiger partial charge is 0.192 e. The van der Waals surface area contributed by atoms with Crippen LogP contribution in [-0.4, -0.2) is 0 Å². The van der Waals surface area contributed by atoms with Crippen LogP contribution in [-0.2, 0) is 0 Å². The molecule has 0 radical (unpaired) electrons. The van der Waals surface area contributed by atoms with Crippen LogP contribution >= 0.6 is 0 Å². The standard InChI is InChI=1S/C7H5N.C6H12/c8-6-7-4-2-1-3-5-7;1-2-4-6-5-3-1/h1-5H;1-6H2. The Morgan fingerprint density at radius 1 is 0.786 bits per heavy atom. The van der Waals surface area contributed by atoms with E-state index in [2.05, 4.69) is 0 Å². The Kier molecular flexibility index (Phi) is 5.51. The third kappa shape index (κ3) is 4.67. The van der Waals surface area contributed by atoms with E-state index in [9.17, 15) is 0 Å². The third-order valence-electron chi connectivity index (χ3n) is 2.40. The van der Waals surface area contributed by atoms with Crippen molar-refractivity contribution in [2.24, 2.45) is 0 Å². The number of hydrogen-bond donors (Lipinski definition) is 0. The monoisotopic (exact) mass is 187 g/mol. The normalized spacial score (nSPS) is 14.8. The molecule has 1 nitrogen and oxygen atoms in total. The molecule has 14 heavy (non-hydrogen) atoms. The summed E-state index contributed by atoms with van der Waals surface area (Å²) in [6, 6.07) is 11.2. The molecular formula is C13H17N. The average molecular weight is 187 g/mol. The molecule has 1 saturated carbocycles. The molecule has 1 aliphatic rings. The van der Waals surface area contributed by atoms with Gasteiger partial charge in [0.05, 0.1) is 11.6 Å². The Morgan fingerprint density at radius 2 is 1.21 bits per heavy atom. The van der Waals surface area contributed by atoms with Crippen LogP contribution in [0.4, 0.5) is 0 Å². The minimum Gasteiger partial charge on any atom is -0.192 e. The maximum absolute atomic E-state index is 8.29. The second kappa shape index (κ2) is 7.15. The Labute approximate surface area is 86.4 Å². The van der Waals surface area contributed by atoms with Gasteiger partial charge in [-0.25, -0.2) is 0 Å². The van der Waals surface area contributed by atoms with Crippen molar-refractivity contribution in [3.05, 3.63) is 35.9 Å². The second-order valence-corrected chi connectivity index (χ2v) is 3.60. The molecule has 0 N–H and O–H groups in total. The summed E-state index contributed by atoms with van der Waals surface area (Å²) in [6.07, 6.45) is 9.00. The van der Waals surface area contributed by atoms with E-state index >= 15 is 0 Å². The molecule has 0 atom stereocenters. The van der Waals surface area contributed by atoms with Crippen molar-refractivity contribution in [1.29, 1.82) is 5.26 Å². The fourth-order valence-corrected chi connectivity index (χ4v) is 1.57. The van der Waals surface area contributed by atoms with Crippen LogP contribution in [0.5, 0.6) is 0 Å². The highest BCUT2D eigenvalue weighted by atomic mass is 14.2. The van der Waals surface area contributed by atoms with Gasteiger partial charge < -0.3 is 0 Å². The summed E-state index contributed by atoms with van der Waals surface area (Å²) >= 11 is 0. The van der Waals surface area contributed by atoms with Crippen molar-refractivity contribution < 1.29 is 0 Å². The fourth-order valence-electron chi connectivity index (χ4n) is 1.57. The van der Waals surface area contributed by atoms with E-state index in [1.807, 2.05) is 24.3 Å². The predicted molar refractivity (Wildman–Crippen MR) is 58.9 cm³/mol. The van der Waals surface area contributed by atoms with Gasteiger partial charge >= 0.3 is 0 Å². The van der Waals surface area contributed by atoms with E-state index in [0.717, 1.165) is 0 Å². The molecule has 74 valence electrons. The van der Waals surface area contributed by atoms with Crippen LogP contribution in [0.25, 0.3) is 0 Å². The van der Waals surface area contributed by atoms with E-state index in [-0.39, 0.29) is 0 Å². The molecule has 1 fully saturated rings. The summed E-state index contributed by atoms with van der Waals surface area (Å²) in [5.41, 5.74) is 0.715. The molecule has 1 aromatic carbocycles. The van der Waals surface area contributed by atoms with E-state index in [0.29, 0.717) is 5.56 Å². The maximum Gasteiger partial charge on any atom is 0.0991 e. The molecule has 0 saturated heterocycles. The summed E-state index contributed by atoms with van der Waals surface area (Å²) in [5.74, 6) is 0. The van der Waals surface area contributed by atoms with Gasteiger partial charge in [-0.15, -0.1) is 0 Å².